The first-order chi connectivity index (χ1) is 9.79. The van der Waals surface area contributed by atoms with E-state index in [4.69, 9.17) is 4.74 Å². The maximum Gasteiger partial charge on any atom is 0.131 e. The highest BCUT2D eigenvalue weighted by Gasteiger charge is 2.22. The second-order valence-corrected chi connectivity index (χ2v) is 5.74. The van der Waals surface area contributed by atoms with E-state index in [-0.39, 0.29) is 5.82 Å². The third kappa shape index (κ3) is 2.67. The van der Waals surface area contributed by atoms with Crippen molar-refractivity contribution in [2.75, 3.05) is 33.3 Å². The molecule has 1 heterocycles. The van der Waals surface area contributed by atoms with Crippen molar-refractivity contribution in [2.45, 2.75) is 32.2 Å². The van der Waals surface area contributed by atoms with Gasteiger partial charge in [0.15, 0.2) is 0 Å². The molecular weight excluding hydrogens is 255 g/mol. The number of fused-ring (bicyclic) bond motifs is 1. The van der Waals surface area contributed by atoms with Gasteiger partial charge in [-0.2, -0.15) is 0 Å². The third-order valence-electron chi connectivity index (χ3n) is 4.44. The molecule has 1 aromatic carbocycles. The quantitative estimate of drug-likeness (QED) is 0.916. The lowest BCUT2D eigenvalue weighted by molar-refractivity contribution is 0.229. The fourth-order valence-electron chi connectivity index (χ4n) is 3.33. The first kappa shape index (κ1) is 13.8. The maximum absolute atomic E-state index is 14.7. The van der Waals surface area contributed by atoms with Crippen LogP contribution in [0.3, 0.4) is 0 Å². The van der Waals surface area contributed by atoms with Crippen molar-refractivity contribution in [1.82, 2.24) is 10.2 Å². The number of ether oxygens (including phenoxy) is 1. The van der Waals surface area contributed by atoms with Crippen LogP contribution >= 0.6 is 0 Å². The number of nitrogens with one attached hydrogen (secondary N) is 1. The molecule has 0 amide bonds. The van der Waals surface area contributed by atoms with E-state index in [0.29, 0.717) is 6.54 Å². The zero-order chi connectivity index (χ0) is 13.9. The highest BCUT2D eigenvalue weighted by molar-refractivity contribution is 5.46. The van der Waals surface area contributed by atoms with E-state index in [1.54, 1.807) is 7.11 Å². The lowest BCUT2D eigenvalue weighted by Gasteiger charge is -2.28. The molecule has 1 aromatic rings. The average Bonchev–Trinajstić information content (AvgIpc) is 2.51. The van der Waals surface area contributed by atoms with Crippen molar-refractivity contribution in [2.24, 2.45) is 0 Å². The summed E-state index contributed by atoms with van der Waals surface area (Å²) in [6.07, 6.45) is 4.03. The second-order valence-electron chi connectivity index (χ2n) is 5.74. The Morgan fingerprint density at radius 1 is 1.20 bits per heavy atom. The van der Waals surface area contributed by atoms with Gasteiger partial charge in [-0.05, 0) is 37.3 Å². The number of halogens is 1. The first-order valence-electron chi connectivity index (χ1n) is 7.60. The second kappa shape index (κ2) is 6.10. The summed E-state index contributed by atoms with van der Waals surface area (Å²) in [5.41, 5.74) is 2.80. The maximum atomic E-state index is 14.7. The Labute approximate surface area is 120 Å². The standard InChI is InChI=1S/C16H23FN2O/c1-20-15-10-12(11-19-8-6-18-7-9-19)16(17)14-5-3-2-4-13(14)15/h10,18H,2-9,11H2,1H3. The van der Waals surface area contributed by atoms with Crippen LogP contribution < -0.4 is 10.1 Å². The van der Waals surface area contributed by atoms with E-state index < -0.39 is 0 Å². The molecule has 2 aliphatic rings. The van der Waals surface area contributed by atoms with Crippen LogP contribution in [0.25, 0.3) is 0 Å². The monoisotopic (exact) mass is 278 g/mol. The van der Waals surface area contributed by atoms with Gasteiger partial charge < -0.3 is 10.1 Å². The predicted molar refractivity (Wildman–Crippen MR) is 77.7 cm³/mol. The SMILES string of the molecule is COc1cc(CN2CCNCC2)c(F)c2c1CCCC2. The molecule has 3 nitrogen and oxygen atoms in total. The van der Waals surface area contributed by atoms with Crippen LogP contribution in [0.4, 0.5) is 4.39 Å². The Balaban J connectivity index is 1.89. The highest BCUT2D eigenvalue weighted by atomic mass is 19.1. The van der Waals surface area contributed by atoms with E-state index in [1.807, 2.05) is 6.07 Å². The molecule has 0 spiro atoms. The van der Waals surface area contributed by atoms with Gasteiger partial charge in [-0.3, -0.25) is 4.90 Å². The molecule has 1 N–H and O–H groups in total. The van der Waals surface area contributed by atoms with Crippen LogP contribution in [0.5, 0.6) is 5.75 Å². The highest BCUT2D eigenvalue weighted by Crippen LogP contribution is 2.34. The Hall–Kier alpha value is -1.13. The third-order valence-corrected chi connectivity index (χ3v) is 4.44. The molecule has 0 unspecified atom stereocenters. The minimum absolute atomic E-state index is 0.0130. The van der Waals surface area contributed by atoms with Crippen molar-refractivity contribution in [3.8, 4) is 5.75 Å². The first-order valence-corrected chi connectivity index (χ1v) is 7.60. The van der Waals surface area contributed by atoms with Gasteiger partial charge in [-0.15, -0.1) is 0 Å². The Kier molecular flexibility index (Phi) is 4.22. The fraction of sp³-hybridized carbons (Fsp3) is 0.625. The summed E-state index contributed by atoms with van der Waals surface area (Å²) < 4.78 is 20.2. The van der Waals surface area contributed by atoms with Crippen LogP contribution in [0.1, 0.15) is 29.5 Å². The summed E-state index contributed by atoms with van der Waals surface area (Å²) in [4.78, 5) is 2.31. The summed E-state index contributed by atoms with van der Waals surface area (Å²) in [6, 6.07) is 1.92. The van der Waals surface area contributed by atoms with Gasteiger partial charge in [0.2, 0.25) is 0 Å². The summed E-state index contributed by atoms with van der Waals surface area (Å²) >= 11 is 0. The van der Waals surface area contributed by atoms with E-state index in [9.17, 15) is 4.39 Å². The minimum atomic E-state index is 0.0130. The molecule has 0 atom stereocenters. The average molecular weight is 278 g/mol. The van der Waals surface area contributed by atoms with Crippen LogP contribution in [0, 0.1) is 5.82 Å². The van der Waals surface area contributed by atoms with Crippen molar-refractivity contribution >= 4 is 0 Å². The molecule has 0 radical (unpaired) electrons. The predicted octanol–water partition coefficient (Wildman–Crippen LogP) is 2.12. The molecule has 0 bridgehead atoms. The molecule has 1 aliphatic carbocycles. The lowest BCUT2D eigenvalue weighted by atomic mass is 9.88. The number of benzene rings is 1. The van der Waals surface area contributed by atoms with Crippen LogP contribution in [-0.2, 0) is 19.4 Å². The fourth-order valence-corrected chi connectivity index (χ4v) is 3.33. The Bertz CT molecular complexity index is 484. The van der Waals surface area contributed by atoms with Crippen molar-refractivity contribution in [3.63, 3.8) is 0 Å². The lowest BCUT2D eigenvalue weighted by Crippen LogP contribution is -2.43. The van der Waals surface area contributed by atoms with Gasteiger partial charge in [0.05, 0.1) is 7.11 Å². The molecular formula is C16H23FN2O. The Morgan fingerprint density at radius 3 is 2.60 bits per heavy atom. The van der Waals surface area contributed by atoms with E-state index in [2.05, 4.69) is 10.2 Å². The summed E-state index contributed by atoms with van der Waals surface area (Å²) in [5, 5.41) is 3.33. The van der Waals surface area contributed by atoms with Gasteiger partial charge in [0, 0.05) is 43.9 Å². The largest absolute Gasteiger partial charge is 0.496 e. The van der Waals surface area contributed by atoms with E-state index in [0.717, 1.165) is 74.3 Å². The minimum Gasteiger partial charge on any atom is -0.496 e. The van der Waals surface area contributed by atoms with Gasteiger partial charge >= 0.3 is 0 Å². The molecule has 4 heteroatoms. The van der Waals surface area contributed by atoms with Crippen molar-refractivity contribution < 1.29 is 9.13 Å². The number of hydrogen-bond donors (Lipinski definition) is 1. The summed E-state index contributed by atoms with van der Waals surface area (Å²) in [6.45, 7) is 4.64. The zero-order valence-corrected chi connectivity index (χ0v) is 12.2. The topological polar surface area (TPSA) is 24.5 Å². The van der Waals surface area contributed by atoms with Crippen molar-refractivity contribution in [3.05, 3.63) is 28.6 Å². The Morgan fingerprint density at radius 2 is 1.90 bits per heavy atom. The number of hydrogen-bond acceptors (Lipinski definition) is 3. The molecule has 1 aliphatic heterocycles. The summed E-state index contributed by atoms with van der Waals surface area (Å²) in [7, 11) is 1.69. The van der Waals surface area contributed by atoms with Crippen LogP contribution in [0.2, 0.25) is 0 Å². The molecule has 20 heavy (non-hydrogen) atoms. The van der Waals surface area contributed by atoms with Crippen LogP contribution in [0.15, 0.2) is 6.07 Å². The van der Waals surface area contributed by atoms with E-state index in [1.165, 1.54) is 0 Å². The molecule has 3 rings (SSSR count). The summed E-state index contributed by atoms with van der Waals surface area (Å²) in [5.74, 6) is 0.894. The van der Waals surface area contributed by atoms with Gasteiger partial charge in [0.25, 0.3) is 0 Å². The molecule has 1 saturated heterocycles. The van der Waals surface area contributed by atoms with Crippen molar-refractivity contribution in [1.29, 1.82) is 0 Å². The zero-order valence-electron chi connectivity index (χ0n) is 12.2. The van der Waals surface area contributed by atoms with Crippen LogP contribution in [-0.4, -0.2) is 38.2 Å². The number of nitrogens with zero attached hydrogens (tertiary/aromatic N) is 1. The molecule has 1 fully saturated rings. The van der Waals surface area contributed by atoms with Gasteiger partial charge in [0.1, 0.15) is 11.6 Å². The van der Waals surface area contributed by atoms with Gasteiger partial charge in [-0.1, -0.05) is 0 Å². The van der Waals surface area contributed by atoms with Gasteiger partial charge in [-0.25, -0.2) is 4.39 Å². The molecule has 0 saturated carbocycles. The number of piperazine rings is 1. The number of rotatable bonds is 3. The van der Waals surface area contributed by atoms with E-state index >= 15 is 0 Å². The molecule has 110 valence electrons. The number of methoxy groups -OCH3 is 1. The smallest absolute Gasteiger partial charge is 0.131 e. The molecule has 0 aromatic heterocycles. The normalized spacial score (nSPS) is 19.7.